The van der Waals surface area contributed by atoms with E-state index in [0.717, 1.165) is 11.3 Å². The molecule has 228 valence electrons. The van der Waals surface area contributed by atoms with Gasteiger partial charge in [-0.1, -0.05) is 146 Å². The van der Waals surface area contributed by atoms with Crippen molar-refractivity contribution in [1.29, 1.82) is 0 Å². The van der Waals surface area contributed by atoms with Crippen molar-refractivity contribution in [3.63, 3.8) is 0 Å². The van der Waals surface area contributed by atoms with E-state index < -0.39 is 0 Å². The molecule has 1 nitrogen and oxygen atoms in total. The predicted molar refractivity (Wildman–Crippen MR) is 211 cm³/mol. The van der Waals surface area contributed by atoms with Gasteiger partial charge in [0.25, 0.3) is 0 Å². The van der Waals surface area contributed by atoms with Crippen LogP contribution in [-0.4, -0.2) is 4.98 Å². The lowest BCUT2D eigenvalue weighted by Gasteiger charge is -2.17. The summed E-state index contributed by atoms with van der Waals surface area (Å²) in [6, 6.07) is 61.7. The van der Waals surface area contributed by atoms with Crippen LogP contribution in [0.2, 0.25) is 0 Å². The minimum Gasteiger partial charge on any atom is -0.256 e. The van der Waals surface area contributed by atoms with E-state index in [4.69, 9.17) is 4.98 Å². The van der Waals surface area contributed by atoms with Gasteiger partial charge in [-0.2, -0.15) is 0 Å². The molecule has 8 aromatic carbocycles. The van der Waals surface area contributed by atoms with Crippen LogP contribution in [0.5, 0.6) is 0 Å². The molecular formula is C47H29NS. The number of aromatic nitrogens is 1. The average molecular weight is 640 g/mol. The van der Waals surface area contributed by atoms with Crippen LogP contribution in [0.25, 0.3) is 97.1 Å². The third kappa shape index (κ3) is 4.64. The van der Waals surface area contributed by atoms with E-state index in [2.05, 4.69) is 170 Å². The zero-order valence-electron chi connectivity index (χ0n) is 26.6. The number of fused-ring (bicyclic) bond motifs is 6. The molecule has 0 fully saturated rings. The molecule has 49 heavy (non-hydrogen) atoms. The van der Waals surface area contributed by atoms with Crippen LogP contribution < -0.4 is 0 Å². The molecule has 0 aliphatic rings. The summed E-state index contributed by atoms with van der Waals surface area (Å²) in [6.07, 6.45) is 2.04. The fourth-order valence-corrected chi connectivity index (χ4v) is 8.70. The Morgan fingerprint density at radius 2 is 0.857 bits per heavy atom. The van der Waals surface area contributed by atoms with Crippen molar-refractivity contribution in [2.45, 2.75) is 0 Å². The van der Waals surface area contributed by atoms with Gasteiger partial charge in [0.05, 0.1) is 5.69 Å². The number of pyridine rings is 1. The molecule has 0 atom stereocenters. The summed E-state index contributed by atoms with van der Waals surface area (Å²) in [6.45, 7) is 0. The maximum Gasteiger partial charge on any atom is 0.0714 e. The molecule has 0 unspecified atom stereocenters. The quantitative estimate of drug-likeness (QED) is 0.175. The van der Waals surface area contributed by atoms with Crippen LogP contribution in [0.4, 0.5) is 0 Å². The predicted octanol–water partition coefficient (Wildman–Crippen LogP) is 13.6. The SMILES string of the molecule is c1ccc(-c2ccc(-c3c4ccccc4c(-c4ccc(-c5ccc6c(c5)sc5cc7ccccc7cc56)cn4)c4ccccc34)cc2)cc1. The smallest absolute Gasteiger partial charge is 0.0714 e. The maximum atomic E-state index is 5.14. The molecule has 2 heteroatoms. The molecule has 10 rings (SSSR count). The van der Waals surface area contributed by atoms with Crippen molar-refractivity contribution in [2.75, 3.05) is 0 Å². The highest BCUT2D eigenvalue weighted by Gasteiger charge is 2.17. The Labute approximate surface area is 288 Å². The van der Waals surface area contributed by atoms with Crippen LogP contribution in [0.1, 0.15) is 0 Å². The van der Waals surface area contributed by atoms with Gasteiger partial charge in [0.1, 0.15) is 0 Å². The molecule has 0 saturated carbocycles. The second-order valence-corrected chi connectivity index (χ2v) is 13.8. The van der Waals surface area contributed by atoms with Crippen LogP contribution in [-0.2, 0) is 0 Å². The van der Waals surface area contributed by atoms with Crippen LogP contribution in [0.15, 0.2) is 176 Å². The van der Waals surface area contributed by atoms with Crippen LogP contribution in [0, 0.1) is 0 Å². The van der Waals surface area contributed by atoms with E-state index in [9.17, 15) is 0 Å². The summed E-state index contributed by atoms with van der Waals surface area (Å²) in [5.74, 6) is 0. The normalized spacial score (nSPS) is 11.7. The number of benzene rings is 8. The fourth-order valence-electron chi connectivity index (χ4n) is 7.53. The standard InChI is InChI=1S/C47H29NS/c1-2-10-30(11-3-1)31-18-20-32(21-19-31)46-38-14-6-8-16-40(38)47(41-17-9-7-15-39(41)46)43-25-23-36(29-48-43)35-22-24-37-42-26-33-12-4-5-13-34(33)27-45(42)49-44(37)28-35/h1-29H. The van der Waals surface area contributed by atoms with Gasteiger partial charge in [-0.15, -0.1) is 11.3 Å². The number of hydrogen-bond acceptors (Lipinski definition) is 2. The van der Waals surface area contributed by atoms with E-state index in [-0.39, 0.29) is 0 Å². The molecule has 0 saturated heterocycles. The minimum atomic E-state index is 0.983. The molecule has 0 aliphatic carbocycles. The van der Waals surface area contributed by atoms with Gasteiger partial charge in [-0.05, 0) is 84.4 Å². The van der Waals surface area contributed by atoms with Crippen LogP contribution >= 0.6 is 11.3 Å². The van der Waals surface area contributed by atoms with Gasteiger partial charge in [0.15, 0.2) is 0 Å². The third-order valence-corrected chi connectivity index (χ3v) is 11.0. The second-order valence-electron chi connectivity index (χ2n) is 12.7. The first kappa shape index (κ1) is 28.0. The first-order valence-electron chi connectivity index (χ1n) is 16.7. The van der Waals surface area contributed by atoms with Crippen molar-refractivity contribution in [1.82, 2.24) is 4.98 Å². The second kappa shape index (κ2) is 11.3. The monoisotopic (exact) mass is 639 g/mol. The number of thiophene rings is 1. The van der Waals surface area contributed by atoms with Crippen LogP contribution in [0.3, 0.4) is 0 Å². The fraction of sp³-hybridized carbons (Fsp3) is 0. The molecule has 0 aliphatic heterocycles. The molecule has 0 N–H and O–H groups in total. The van der Waals surface area contributed by atoms with Gasteiger partial charge in [0.2, 0.25) is 0 Å². The van der Waals surface area contributed by atoms with Gasteiger partial charge in [0, 0.05) is 37.5 Å². The maximum absolute atomic E-state index is 5.14. The van der Waals surface area contributed by atoms with Crippen molar-refractivity contribution >= 4 is 63.8 Å². The Balaban J connectivity index is 1.08. The van der Waals surface area contributed by atoms with E-state index in [1.54, 1.807) is 0 Å². The summed E-state index contributed by atoms with van der Waals surface area (Å²) >= 11 is 1.87. The lowest BCUT2D eigenvalue weighted by molar-refractivity contribution is 1.34. The molecule has 0 bridgehead atoms. The van der Waals surface area contributed by atoms with E-state index in [0.29, 0.717) is 0 Å². The molecule has 10 aromatic rings. The third-order valence-electron chi connectivity index (χ3n) is 9.90. The summed E-state index contributed by atoms with van der Waals surface area (Å²) in [5, 5.41) is 10.1. The Hall–Kier alpha value is -6.09. The van der Waals surface area contributed by atoms with Gasteiger partial charge < -0.3 is 0 Å². The summed E-state index contributed by atoms with van der Waals surface area (Å²) in [5.41, 5.74) is 9.39. The molecule has 2 aromatic heterocycles. The highest BCUT2D eigenvalue weighted by atomic mass is 32.1. The number of hydrogen-bond donors (Lipinski definition) is 0. The van der Waals surface area contributed by atoms with Crippen molar-refractivity contribution in [3.05, 3.63) is 176 Å². The average Bonchev–Trinajstić information content (AvgIpc) is 3.53. The Kier molecular flexibility index (Phi) is 6.43. The number of nitrogens with zero attached hydrogens (tertiary/aromatic N) is 1. The summed E-state index contributed by atoms with van der Waals surface area (Å²) in [7, 11) is 0. The van der Waals surface area contributed by atoms with Gasteiger partial charge in [-0.25, -0.2) is 0 Å². The van der Waals surface area contributed by atoms with Gasteiger partial charge in [-0.3, -0.25) is 4.98 Å². The van der Waals surface area contributed by atoms with Gasteiger partial charge >= 0.3 is 0 Å². The van der Waals surface area contributed by atoms with Crippen molar-refractivity contribution in [2.24, 2.45) is 0 Å². The highest BCUT2D eigenvalue weighted by molar-refractivity contribution is 7.25. The van der Waals surface area contributed by atoms with E-state index in [1.165, 1.54) is 85.9 Å². The molecule has 0 radical (unpaired) electrons. The first-order chi connectivity index (χ1) is 24.3. The van der Waals surface area contributed by atoms with E-state index >= 15 is 0 Å². The molecular weight excluding hydrogens is 611 g/mol. The number of rotatable bonds is 4. The summed E-state index contributed by atoms with van der Waals surface area (Å²) in [4.78, 5) is 5.14. The topological polar surface area (TPSA) is 12.9 Å². The Morgan fingerprint density at radius 3 is 1.53 bits per heavy atom. The van der Waals surface area contributed by atoms with Crippen molar-refractivity contribution in [3.8, 4) is 44.6 Å². The largest absolute Gasteiger partial charge is 0.256 e. The highest BCUT2D eigenvalue weighted by Crippen LogP contribution is 2.44. The molecule has 0 spiro atoms. The first-order valence-corrected chi connectivity index (χ1v) is 17.5. The lowest BCUT2D eigenvalue weighted by Crippen LogP contribution is -1.92. The Bertz CT molecular complexity index is 2790. The van der Waals surface area contributed by atoms with Crippen molar-refractivity contribution < 1.29 is 0 Å². The zero-order valence-corrected chi connectivity index (χ0v) is 27.4. The minimum absolute atomic E-state index is 0.983. The zero-order chi connectivity index (χ0) is 32.3. The Morgan fingerprint density at radius 1 is 0.327 bits per heavy atom. The summed E-state index contributed by atoms with van der Waals surface area (Å²) < 4.78 is 2.63. The molecule has 2 heterocycles. The molecule has 0 amide bonds. The lowest BCUT2D eigenvalue weighted by atomic mass is 9.87. The van der Waals surface area contributed by atoms with E-state index in [1.807, 2.05) is 17.5 Å².